The molecule has 6 nitrogen and oxygen atoms in total. The monoisotopic (exact) mass is 347 g/mol. The van der Waals surface area contributed by atoms with Crippen LogP contribution in [0.3, 0.4) is 0 Å². The number of alkyl halides is 1. The Morgan fingerprint density at radius 3 is 2.80 bits per heavy atom. The lowest BCUT2D eigenvalue weighted by atomic mass is 9.97. The molecule has 0 saturated heterocycles. The van der Waals surface area contributed by atoms with Gasteiger partial charge in [-0.3, -0.25) is 9.59 Å². The summed E-state index contributed by atoms with van der Waals surface area (Å²) in [5, 5.41) is 2.82. The number of halogens is 1. The van der Waals surface area contributed by atoms with Crippen LogP contribution in [0, 0.1) is 0 Å². The Balaban J connectivity index is 1.92. The highest BCUT2D eigenvalue weighted by atomic mass is 19.1. The van der Waals surface area contributed by atoms with Crippen molar-refractivity contribution >= 4 is 11.8 Å². The van der Waals surface area contributed by atoms with Crippen LogP contribution in [0.15, 0.2) is 36.5 Å². The van der Waals surface area contributed by atoms with Gasteiger partial charge in [-0.15, -0.1) is 0 Å². The fourth-order valence-corrected chi connectivity index (χ4v) is 2.59. The molecule has 0 aliphatic heterocycles. The molecule has 1 aromatic carbocycles. The lowest BCUT2D eigenvalue weighted by Gasteiger charge is -2.14. The van der Waals surface area contributed by atoms with Crippen molar-refractivity contribution in [1.82, 2.24) is 10.3 Å². The summed E-state index contributed by atoms with van der Waals surface area (Å²) in [7, 11) is 0. The Kier molecular flexibility index (Phi) is 6.56. The highest BCUT2D eigenvalue weighted by molar-refractivity contribution is 5.96. The molecule has 1 unspecified atom stereocenters. The molecule has 0 radical (unpaired) electrons. The number of carbonyl (C=O) groups excluding carboxylic acids is 2. The third-order valence-electron chi connectivity index (χ3n) is 3.89. The number of nitrogens with two attached hydrogens (primary N) is 1. The molecule has 0 aliphatic rings. The number of aromatic nitrogens is 1. The quantitative estimate of drug-likeness (QED) is 0.650. The van der Waals surface area contributed by atoms with Crippen LogP contribution in [0.1, 0.15) is 45.7 Å². The summed E-state index contributed by atoms with van der Waals surface area (Å²) in [5.74, 6) is -0.389. The van der Waals surface area contributed by atoms with Gasteiger partial charge in [-0.05, 0) is 36.1 Å². The van der Waals surface area contributed by atoms with E-state index in [2.05, 4.69) is 10.3 Å². The number of rotatable bonds is 9. The molecule has 1 atom stereocenters. The second-order valence-corrected chi connectivity index (χ2v) is 5.65. The molecule has 0 spiro atoms. The minimum absolute atomic E-state index is 0.0482. The Labute approximate surface area is 145 Å². The fraction of sp³-hybridized carbons (Fsp3) is 0.333. The summed E-state index contributed by atoms with van der Waals surface area (Å²) in [6.07, 6.45) is 2.31. The molecule has 0 saturated carbocycles. The summed E-state index contributed by atoms with van der Waals surface area (Å²) in [5.41, 5.74) is 6.91. The van der Waals surface area contributed by atoms with E-state index in [1.54, 1.807) is 30.5 Å². The molecule has 4 N–H and O–H groups in total. The van der Waals surface area contributed by atoms with Gasteiger partial charge in [0.2, 0.25) is 0 Å². The molecule has 0 fully saturated rings. The van der Waals surface area contributed by atoms with Gasteiger partial charge in [-0.2, -0.15) is 0 Å². The molecular weight excluding hydrogens is 325 g/mol. The highest BCUT2D eigenvalue weighted by Gasteiger charge is 2.16. The molecule has 134 valence electrons. The average molecular weight is 347 g/mol. The fourth-order valence-electron chi connectivity index (χ4n) is 2.59. The van der Waals surface area contributed by atoms with E-state index in [0.29, 0.717) is 30.0 Å². The normalized spacial score (nSPS) is 11.8. The van der Waals surface area contributed by atoms with Gasteiger partial charge in [0.1, 0.15) is 24.7 Å². The first-order valence-electron chi connectivity index (χ1n) is 8.07. The summed E-state index contributed by atoms with van der Waals surface area (Å²) in [6, 6.07) is 8.52. The molecule has 2 rings (SSSR count). The zero-order valence-corrected chi connectivity index (χ0v) is 14.0. The number of H-pyrrole nitrogens is 1. The molecule has 0 aliphatic carbocycles. The van der Waals surface area contributed by atoms with Crippen LogP contribution in [0.4, 0.5) is 4.39 Å². The second-order valence-electron chi connectivity index (χ2n) is 5.65. The second kappa shape index (κ2) is 8.86. The van der Waals surface area contributed by atoms with Crippen molar-refractivity contribution < 1.29 is 18.7 Å². The summed E-state index contributed by atoms with van der Waals surface area (Å²) >= 11 is 0. The number of para-hydroxylation sites is 1. The van der Waals surface area contributed by atoms with Gasteiger partial charge >= 0.3 is 0 Å². The van der Waals surface area contributed by atoms with Crippen molar-refractivity contribution in [3.8, 4) is 5.75 Å². The number of amides is 2. The number of carbonyl (C=O) groups is 2. The maximum absolute atomic E-state index is 12.3. The number of ether oxygens (including phenoxy) is 1. The van der Waals surface area contributed by atoms with Crippen LogP contribution in [0.25, 0.3) is 0 Å². The molecular formula is C18H22FN3O3. The highest BCUT2D eigenvalue weighted by Crippen LogP contribution is 2.22. The van der Waals surface area contributed by atoms with E-state index in [0.717, 1.165) is 5.56 Å². The number of hydrogen-bond donors (Lipinski definition) is 3. The van der Waals surface area contributed by atoms with Crippen LogP contribution in [-0.2, 0) is 0 Å². The molecule has 2 amide bonds. The summed E-state index contributed by atoms with van der Waals surface area (Å²) in [6.45, 7) is 1.66. The first-order chi connectivity index (χ1) is 12.0. The molecule has 0 bridgehead atoms. The Hall–Kier alpha value is -2.83. The van der Waals surface area contributed by atoms with Crippen molar-refractivity contribution in [2.45, 2.75) is 19.3 Å². The third-order valence-corrected chi connectivity index (χ3v) is 3.89. The number of hydrogen-bond acceptors (Lipinski definition) is 3. The molecule has 2 aromatic rings. The van der Waals surface area contributed by atoms with Gasteiger partial charge in [-0.25, -0.2) is 4.39 Å². The predicted octanol–water partition coefficient (Wildman–Crippen LogP) is 2.39. The van der Waals surface area contributed by atoms with Gasteiger partial charge in [0.15, 0.2) is 0 Å². The lowest BCUT2D eigenvalue weighted by molar-refractivity contribution is 0.0945. The summed E-state index contributed by atoms with van der Waals surface area (Å²) in [4.78, 5) is 26.5. The van der Waals surface area contributed by atoms with E-state index in [1.165, 1.54) is 0 Å². The van der Waals surface area contributed by atoms with E-state index in [9.17, 15) is 14.0 Å². The molecule has 25 heavy (non-hydrogen) atoms. The SMILES string of the molecule is CC(CCNC(=O)c1ccccc1OCCF)c1cc[nH]c1C(N)=O. The Morgan fingerprint density at radius 2 is 2.08 bits per heavy atom. The first-order valence-corrected chi connectivity index (χ1v) is 8.07. The van der Waals surface area contributed by atoms with Crippen molar-refractivity contribution in [1.29, 1.82) is 0 Å². The van der Waals surface area contributed by atoms with E-state index in [1.807, 2.05) is 13.0 Å². The number of primary amides is 1. The zero-order valence-electron chi connectivity index (χ0n) is 14.0. The van der Waals surface area contributed by atoms with Crippen molar-refractivity contribution in [2.24, 2.45) is 5.73 Å². The molecule has 1 aromatic heterocycles. The Bertz CT molecular complexity index is 730. The molecule has 7 heteroatoms. The topological polar surface area (TPSA) is 97.2 Å². The van der Waals surface area contributed by atoms with Gasteiger partial charge in [0.05, 0.1) is 5.56 Å². The first kappa shape index (κ1) is 18.5. The van der Waals surface area contributed by atoms with E-state index in [-0.39, 0.29) is 18.4 Å². The van der Waals surface area contributed by atoms with Crippen molar-refractivity contribution in [2.75, 3.05) is 19.8 Å². The maximum atomic E-state index is 12.3. The minimum Gasteiger partial charge on any atom is -0.490 e. The minimum atomic E-state index is -0.619. The van der Waals surface area contributed by atoms with E-state index >= 15 is 0 Å². The zero-order chi connectivity index (χ0) is 18.2. The van der Waals surface area contributed by atoms with Gasteiger partial charge in [0.25, 0.3) is 11.8 Å². The van der Waals surface area contributed by atoms with Crippen LogP contribution in [-0.4, -0.2) is 36.6 Å². The van der Waals surface area contributed by atoms with Crippen LogP contribution in [0.5, 0.6) is 5.75 Å². The lowest BCUT2D eigenvalue weighted by Crippen LogP contribution is -2.26. The van der Waals surface area contributed by atoms with Gasteiger partial charge < -0.3 is 20.8 Å². The van der Waals surface area contributed by atoms with Gasteiger partial charge in [-0.1, -0.05) is 19.1 Å². The van der Waals surface area contributed by atoms with E-state index < -0.39 is 12.6 Å². The smallest absolute Gasteiger partial charge is 0.265 e. The van der Waals surface area contributed by atoms with Crippen molar-refractivity contribution in [3.05, 3.63) is 53.3 Å². The number of benzene rings is 1. The standard InChI is InChI=1S/C18H22FN3O3/c1-12(13-7-10-21-16(13)17(20)23)6-9-22-18(24)14-4-2-3-5-15(14)25-11-8-19/h2-5,7,10,12,21H,6,8-9,11H2,1H3,(H2,20,23)(H,22,24). The molecule has 1 heterocycles. The van der Waals surface area contributed by atoms with Crippen LogP contribution < -0.4 is 15.8 Å². The maximum Gasteiger partial charge on any atom is 0.265 e. The average Bonchev–Trinajstić information content (AvgIpc) is 3.10. The van der Waals surface area contributed by atoms with Gasteiger partial charge in [0, 0.05) is 12.7 Å². The predicted molar refractivity (Wildman–Crippen MR) is 92.6 cm³/mol. The van der Waals surface area contributed by atoms with Crippen molar-refractivity contribution in [3.63, 3.8) is 0 Å². The summed E-state index contributed by atoms with van der Waals surface area (Å²) < 4.78 is 17.5. The number of aromatic amines is 1. The van der Waals surface area contributed by atoms with Crippen LogP contribution >= 0.6 is 0 Å². The Morgan fingerprint density at radius 1 is 1.32 bits per heavy atom. The van der Waals surface area contributed by atoms with E-state index in [4.69, 9.17) is 10.5 Å². The third kappa shape index (κ3) is 4.82. The largest absolute Gasteiger partial charge is 0.490 e. The van der Waals surface area contributed by atoms with Crippen LogP contribution in [0.2, 0.25) is 0 Å². The number of nitrogens with one attached hydrogen (secondary N) is 2.